The van der Waals surface area contributed by atoms with Crippen molar-refractivity contribution in [2.45, 2.75) is 43.4 Å². The molecule has 0 spiro atoms. The number of nitrogens with zero attached hydrogens (tertiary/aromatic N) is 2. The zero-order valence-electron chi connectivity index (χ0n) is 22.0. The molecule has 1 saturated carbocycles. The number of phenols is 1. The predicted octanol–water partition coefficient (Wildman–Crippen LogP) is 0.735. The number of hydrogen-bond donors (Lipinski definition) is 6. The van der Waals surface area contributed by atoms with Crippen molar-refractivity contribution >= 4 is 35.6 Å². The number of likely N-dealkylation sites (tertiary alicyclic amines) is 1. The number of phenolic OH excluding ortho intramolecular Hbond substituents is 1. The lowest BCUT2D eigenvalue weighted by atomic mass is 9.54. The van der Waals surface area contributed by atoms with Crippen molar-refractivity contribution in [3.63, 3.8) is 0 Å². The molecule has 5 rings (SSSR count). The molecule has 2 fully saturated rings. The minimum atomic E-state index is -2.72. The van der Waals surface area contributed by atoms with E-state index in [-0.39, 0.29) is 47.9 Å². The molecule has 1 aliphatic heterocycles. The van der Waals surface area contributed by atoms with Gasteiger partial charge in [-0.3, -0.25) is 24.2 Å². The molecular formula is C27H34ClN3O8. The molecule has 1 aromatic rings. The number of rotatable bonds is 4. The van der Waals surface area contributed by atoms with Crippen molar-refractivity contribution in [3.8, 4) is 5.75 Å². The van der Waals surface area contributed by atoms with Crippen LogP contribution in [0.2, 0.25) is 0 Å². The summed E-state index contributed by atoms with van der Waals surface area (Å²) in [5.41, 5.74) is -5.54. The second-order valence-electron chi connectivity index (χ2n) is 11.1. The van der Waals surface area contributed by atoms with Gasteiger partial charge in [0.1, 0.15) is 22.8 Å². The largest absolute Gasteiger partial charge is 0.508 e. The summed E-state index contributed by atoms with van der Waals surface area (Å²) >= 11 is 0. The van der Waals surface area contributed by atoms with Crippen LogP contribution in [-0.2, 0) is 20.0 Å². The number of halogens is 1. The van der Waals surface area contributed by atoms with Gasteiger partial charge in [0.15, 0.2) is 11.4 Å². The first kappa shape index (κ1) is 29.0. The molecular weight excluding hydrogens is 530 g/mol. The van der Waals surface area contributed by atoms with Gasteiger partial charge in [-0.15, -0.1) is 12.4 Å². The van der Waals surface area contributed by atoms with Crippen LogP contribution in [0.1, 0.15) is 37.3 Å². The van der Waals surface area contributed by atoms with Crippen LogP contribution in [0.4, 0.5) is 0 Å². The molecule has 12 heteroatoms. The van der Waals surface area contributed by atoms with E-state index in [1.165, 1.54) is 30.0 Å². The second-order valence-corrected chi connectivity index (χ2v) is 11.1. The van der Waals surface area contributed by atoms with Crippen molar-refractivity contribution in [1.82, 2.24) is 15.1 Å². The lowest BCUT2D eigenvalue weighted by Crippen LogP contribution is -2.67. The Hall–Kier alpha value is -2.96. The number of benzene rings is 1. The Morgan fingerprint density at radius 1 is 1.13 bits per heavy atom. The number of carbonyl (C=O) groups excluding carboxylic acids is 3. The van der Waals surface area contributed by atoms with E-state index in [1.54, 1.807) is 14.1 Å². The van der Waals surface area contributed by atoms with E-state index >= 15 is 0 Å². The fourth-order valence-corrected chi connectivity index (χ4v) is 6.70. The quantitative estimate of drug-likeness (QED) is 0.287. The third kappa shape index (κ3) is 4.06. The number of fused-ring (bicyclic) bond motifs is 3. The molecule has 1 amide bonds. The fourth-order valence-electron chi connectivity index (χ4n) is 6.70. The highest BCUT2D eigenvalue weighted by Gasteiger charge is 2.66. The molecule has 39 heavy (non-hydrogen) atoms. The number of hydrogen-bond acceptors (Lipinski definition) is 10. The maximum absolute atomic E-state index is 14.0. The average molecular weight is 564 g/mol. The Morgan fingerprint density at radius 3 is 2.38 bits per heavy atom. The normalized spacial score (nSPS) is 32.5. The summed E-state index contributed by atoms with van der Waals surface area (Å²) in [5, 5.41) is 59.0. The molecule has 0 radical (unpaired) electrons. The van der Waals surface area contributed by atoms with Gasteiger partial charge in [0.2, 0.25) is 5.78 Å². The number of nitrogens with one attached hydrogen (secondary N) is 1. The number of aliphatic hydroxyl groups excluding tert-OH is 2. The van der Waals surface area contributed by atoms with Crippen LogP contribution in [0.5, 0.6) is 5.75 Å². The summed E-state index contributed by atoms with van der Waals surface area (Å²) in [6.45, 7) is 3.11. The van der Waals surface area contributed by atoms with Crippen molar-refractivity contribution in [2.24, 2.45) is 11.8 Å². The van der Waals surface area contributed by atoms with E-state index in [9.17, 15) is 39.9 Å². The molecule has 1 heterocycles. The van der Waals surface area contributed by atoms with E-state index in [0.29, 0.717) is 0 Å². The fraction of sp³-hybridized carbons (Fsp3) is 0.519. The first-order chi connectivity index (χ1) is 17.8. The smallest absolute Gasteiger partial charge is 0.259 e. The van der Waals surface area contributed by atoms with Crippen LogP contribution >= 0.6 is 12.4 Å². The van der Waals surface area contributed by atoms with E-state index in [2.05, 4.69) is 5.32 Å². The van der Waals surface area contributed by atoms with Gasteiger partial charge in [0, 0.05) is 17.4 Å². The Labute approximate surface area is 231 Å². The van der Waals surface area contributed by atoms with Crippen molar-refractivity contribution < 1.29 is 39.9 Å². The lowest BCUT2D eigenvalue weighted by Gasteiger charge is -2.53. The summed E-state index contributed by atoms with van der Waals surface area (Å²) < 4.78 is 0. The Morgan fingerprint density at radius 2 is 1.77 bits per heavy atom. The first-order valence-electron chi connectivity index (χ1n) is 12.7. The van der Waals surface area contributed by atoms with Crippen molar-refractivity contribution in [1.29, 1.82) is 0 Å². The number of likely N-dealkylation sites (N-methyl/N-ethyl adjacent to an activating group) is 1. The monoisotopic (exact) mass is 563 g/mol. The Balaban J connectivity index is 0.00000353. The minimum Gasteiger partial charge on any atom is -0.508 e. The molecule has 0 bridgehead atoms. The maximum Gasteiger partial charge on any atom is 0.259 e. The van der Waals surface area contributed by atoms with Crippen LogP contribution < -0.4 is 5.32 Å². The predicted molar refractivity (Wildman–Crippen MR) is 142 cm³/mol. The van der Waals surface area contributed by atoms with Crippen LogP contribution in [0.3, 0.4) is 0 Å². The lowest BCUT2D eigenvalue weighted by molar-refractivity contribution is -0.159. The van der Waals surface area contributed by atoms with Gasteiger partial charge in [0.05, 0.1) is 23.9 Å². The van der Waals surface area contributed by atoms with Gasteiger partial charge < -0.3 is 30.8 Å². The third-order valence-electron chi connectivity index (χ3n) is 8.66. The molecule has 4 aliphatic rings. The SMILES string of the molecule is CN(C)C1C(=O)C(C(=O)NCN2CCCC2)=C(O)C2(O)C(=O)C3=C(O)c4c(O)cccc4C(C)(O)C3CC12.Cl. The Bertz CT molecular complexity index is 1300. The maximum atomic E-state index is 14.0. The molecule has 1 aromatic carbocycles. The summed E-state index contributed by atoms with van der Waals surface area (Å²) in [5.74, 6) is -7.17. The highest BCUT2D eigenvalue weighted by molar-refractivity contribution is 6.25. The molecule has 5 atom stereocenters. The molecule has 11 nitrogen and oxygen atoms in total. The van der Waals surface area contributed by atoms with Crippen molar-refractivity contribution in [2.75, 3.05) is 33.9 Å². The second kappa shape index (κ2) is 9.90. The number of Topliss-reactive ketones (excluding diaryl/α,β-unsaturated/α-hetero) is 2. The van der Waals surface area contributed by atoms with Gasteiger partial charge in [-0.2, -0.15) is 0 Å². The number of ketones is 2. The minimum absolute atomic E-state index is 0. The highest BCUT2D eigenvalue weighted by Crippen LogP contribution is 2.57. The number of amides is 1. The first-order valence-corrected chi connectivity index (χ1v) is 12.7. The summed E-state index contributed by atoms with van der Waals surface area (Å²) in [6.07, 6.45) is 1.78. The third-order valence-corrected chi connectivity index (χ3v) is 8.66. The molecule has 0 aromatic heterocycles. The Kier molecular flexibility index (Phi) is 7.37. The topological polar surface area (TPSA) is 171 Å². The summed E-state index contributed by atoms with van der Waals surface area (Å²) in [4.78, 5) is 44.3. The summed E-state index contributed by atoms with van der Waals surface area (Å²) in [6, 6.07) is 3.12. The van der Waals surface area contributed by atoms with Crippen LogP contribution in [0.25, 0.3) is 5.76 Å². The van der Waals surface area contributed by atoms with Crippen LogP contribution in [0.15, 0.2) is 35.1 Å². The standard InChI is InChI=1S/C27H33N3O8.ClH/c1-26(37)13-7-6-8-16(31)17(13)21(32)18-14(26)11-15-20(29(2)3)22(33)19(24(35)27(15,38)23(18)34)25(36)28-12-30-9-4-5-10-30;/h6-8,14-15,20,31-32,35,37-38H,4-5,9-12H2,1-3H3,(H,28,36);1H. The molecule has 1 saturated heterocycles. The number of carbonyl (C=O) groups is 3. The van der Waals surface area contributed by atoms with E-state index < -0.39 is 63.6 Å². The summed E-state index contributed by atoms with van der Waals surface area (Å²) in [7, 11) is 3.12. The van der Waals surface area contributed by atoms with Gasteiger partial charge in [-0.05, 0) is 65.0 Å². The van der Waals surface area contributed by atoms with Gasteiger partial charge in [-0.1, -0.05) is 12.1 Å². The number of aromatic hydroxyl groups is 1. The van der Waals surface area contributed by atoms with Gasteiger partial charge in [-0.25, -0.2) is 0 Å². The molecule has 6 N–H and O–H groups in total. The zero-order valence-corrected chi connectivity index (χ0v) is 22.8. The van der Waals surface area contributed by atoms with Crippen molar-refractivity contribution in [3.05, 3.63) is 46.2 Å². The molecule has 3 aliphatic carbocycles. The van der Waals surface area contributed by atoms with Gasteiger partial charge in [0.25, 0.3) is 5.91 Å². The van der Waals surface area contributed by atoms with Crippen LogP contribution in [-0.4, -0.2) is 98.3 Å². The van der Waals surface area contributed by atoms with Crippen LogP contribution in [0, 0.1) is 11.8 Å². The number of aliphatic hydroxyl groups is 4. The zero-order chi connectivity index (χ0) is 27.7. The van der Waals surface area contributed by atoms with E-state index in [0.717, 1.165) is 25.9 Å². The molecule has 212 valence electrons. The molecule has 5 unspecified atom stereocenters. The van der Waals surface area contributed by atoms with Gasteiger partial charge >= 0.3 is 0 Å². The highest BCUT2D eigenvalue weighted by atomic mass is 35.5. The average Bonchev–Trinajstić information content (AvgIpc) is 3.37. The van der Waals surface area contributed by atoms with E-state index in [4.69, 9.17) is 0 Å². The van der Waals surface area contributed by atoms with E-state index in [1.807, 2.05) is 4.90 Å².